The third-order valence-corrected chi connectivity index (χ3v) is 5.84. The van der Waals surface area contributed by atoms with Crippen LogP contribution in [-0.2, 0) is 6.42 Å². The van der Waals surface area contributed by atoms with Crippen molar-refractivity contribution in [3.63, 3.8) is 0 Å². The molecule has 2 aromatic carbocycles. The number of ether oxygens (including phenoxy) is 1. The van der Waals surface area contributed by atoms with E-state index in [-0.39, 0.29) is 5.75 Å². The second-order valence-electron chi connectivity index (χ2n) is 7.91. The molecule has 0 spiro atoms. The molecule has 0 atom stereocenters. The summed E-state index contributed by atoms with van der Waals surface area (Å²) in [5, 5.41) is 8.69. The molecule has 3 nitrogen and oxygen atoms in total. The SMILES string of the molecule is C=CC[C@H]1CC[C@H](CCc2ccc(C(=O)Oc3cc(F)c(C#N)c(F)c3)cc2)CC1. The monoisotopic (exact) mass is 409 g/mol. The van der Waals surface area contributed by atoms with Crippen LogP contribution in [0.4, 0.5) is 8.78 Å². The zero-order chi connectivity index (χ0) is 21.5. The first-order chi connectivity index (χ1) is 14.5. The number of carbonyl (C=O) groups is 1. The summed E-state index contributed by atoms with van der Waals surface area (Å²) < 4.78 is 32.4. The van der Waals surface area contributed by atoms with Gasteiger partial charge in [0.1, 0.15) is 29.0 Å². The average molecular weight is 409 g/mol. The predicted molar refractivity (Wildman–Crippen MR) is 111 cm³/mol. The standard InChI is InChI=1S/C25H25F2NO2/c1-2-3-17-4-6-18(7-5-17)8-9-19-10-12-20(13-11-19)25(29)30-21-14-23(26)22(16-28)24(27)15-21/h2,10-15,17-18H,1,3-9H2/t17-,18-. The lowest BCUT2D eigenvalue weighted by Crippen LogP contribution is -2.14. The van der Waals surface area contributed by atoms with Gasteiger partial charge in [-0.1, -0.05) is 31.1 Å². The summed E-state index contributed by atoms with van der Waals surface area (Å²) >= 11 is 0. The quantitative estimate of drug-likeness (QED) is 0.303. The van der Waals surface area contributed by atoms with Crippen molar-refractivity contribution in [1.29, 1.82) is 5.26 Å². The lowest BCUT2D eigenvalue weighted by atomic mass is 9.78. The summed E-state index contributed by atoms with van der Waals surface area (Å²) in [6.45, 7) is 3.83. The molecule has 0 saturated heterocycles. The summed E-state index contributed by atoms with van der Waals surface area (Å²) in [5.74, 6) is -1.56. The molecule has 3 rings (SSSR count). The Hall–Kier alpha value is -3.00. The Bertz CT molecular complexity index is 916. The number of allylic oxidation sites excluding steroid dienone is 1. The highest BCUT2D eigenvalue weighted by atomic mass is 19.1. The van der Waals surface area contributed by atoms with E-state index in [1.54, 1.807) is 12.1 Å². The van der Waals surface area contributed by atoms with Gasteiger partial charge in [0.25, 0.3) is 0 Å². The van der Waals surface area contributed by atoms with Gasteiger partial charge in [-0.3, -0.25) is 0 Å². The zero-order valence-corrected chi connectivity index (χ0v) is 16.9. The maximum atomic E-state index is 13.7. The number of benzene rings is 2. The number of hydrogen-bond donors (Lipinski definition) is 0. The number of nitrogens with zero attached hydrogens (tertiary/aromatic N) is 1. The first-order valence-corrected chi connectivity index (χ1v) is 10.3. The minimum Gasteiger partial charge on any atom is -0.423 e. The van der Waals surface area contributed by atoms with E-state index in [0.29, 0.717) is 5.56 Å². The van der Waals surface area contributed by atoms with Gasteiger partial charge in [-0.15, -0.1) is 6.58 Å². The van der Waals surface area contributed by atoms with Crippen molar-refractivity contribution < 1.29 is 18.3 Å². The van der Waals surface area contributed by atoms with Gasteiger partial charge in [-0.05, 0) is 61.6 Å². The van der Waals surface area contributed by atoms with Crippen molar-refractivity contribution in [3.05, 3.63) is 77.4 Å². The molecule has 0 N–H and O–H groups in total. The highest BCUT2D eigenvalue weighted by molar-refractivity contribution is 5.91. The molecule has 0 bridgehead atoms. The number of rotatable bonds is 7. The van der Waals surface area contributed by atoms with E-state index in [9.17, 15) is 13.6 Å². The molecule has 30 heavy (non-hydrogen) atoms. The molecule has 1 saturated carbocycles. The molecule has 0 heterocycles. The van der Waals surface area contributed by atoms with Crippen molar-refractivity contribution in [2.24, 2.45) is 11.8 Å². The number of aryl methyl sites for hydroxylation is 1. The van der Waals surface area contributed by atoms with Gasteiger partial charge in [0, 0.05) is 12.1 Å². The van der Waals surface area contributed by atoms with Crippen LogP contribution in [0.15, 0.2) is 49.1 Å². The molecule has 0 unspecified atom stereocenters. The smallest absolute Gasteiger partial charge is 0.343 e. The molecular weight excluding hydrogens is 384 g/mol. The van der Waals surface area contributed by atoms with Crippen LogP contribution < -0.4 is 4.74 Å². The fourth-order valence-corrected chi connectivity index (χ4v) is 4.05. The number of nitriles is 1. The fraction of sp³-hybridized carbons (Fsp3) is 0.360. The largest absolute Gasteiger partial charge is 0.423 e. The Morgan fingerprint density at radius 1 is 1.10 bits per heavy atom. The first kappa shape index (κ1) is 21.7. The van der Waals surface area contributed by atoms with E-state index in [4.69, 9.17) is 10.00 Å². The van der Waals surface area contributed by atoms with Crippen LogP contribution in [0.2, 0.25) is 0 Å². The molecule has 0 aliphatic heterocycles. The predicted octanol–water partition coefficient (Wildman–Crippen LogP) is 6.37. The molecule has 0 aromatic heterocycles. The summed E-state index contributed by atoms with van der Waals surface area (Å²) in [5.41, 5.74) is 0.748. The molecule has 1 aliphatic rings. The molecule has 1 fully saturated rings. The number of carbonyl (C=O) groups excluding carboxylic acids is 1. The normalized spacial score (nSPS) is 18.4. The van der Waals surface area contributed by atoms with Crippen LogP contribution in [0.1, 0.15) is 60.0 Å². The summed E-state index contributed by atoms with van der Waals surface area (Å²) in [4.78, 5) is 12.3. The number of halogens is 2. The summed E-state index contributed by atoms with van der Waals surface area (Å²) in [7, 11) is 0. The Morgan fingerprint density at radius 2 is 1.70 bits per heavy atom. The number of esters is 1. The zero-order valence-electron chi connectivity index (χ0n) is 16.9. The molecular formula is C25H25F2NO2. The fourth-order valence-electron chi connectivity index (χ4n) is 4.05. The Balaban J connectivity index is 1.52. The van der Waals surface area contributed by atoms with Crippen LogP contribution >= 0.6 is 0 Å². The molecule has 2 aromatic rings. The number of hydrogen-bond acceptors (Lipinski definition) is 3. The molecule has 5 heteroatoms. The topological polar surface area (TPSA) is 50.1 Å². The van der Waals surface area contributed by atoms with Gasteiger partial charge in [-0.2, -0.15) is 5.26 Å². The van der Waals surface area contributed by atoms with Crippen LogP contribution in [0.5, 0.6) is 5.75 Å². The van der Waals surface area contributed by atoms with Crippen LogP contribution in [0.3, 0.4) is 0 Å². The minimum absolute atomic E-state index is 0.273. The molecule has 0 radical (unpaired) electrons. The van der Waals surface area contributed by atoms with Gasteiger partial charge >= 0.3 is 5.97 Å². The van der Waals surface area contributed by atoms with Gasteiger partial charge in [-0.25, -0.2) is 13.6 Å². The lowest BCUT2D eigenvalue weighted by Gasteiger charge is -2.27. The highest BCUT2D eigenvalue weighted by Crippen LogP contribution is 2.33. The van der Waals surface area contributed by atoms with Crippen LogP contribution in [0.25, 0.3) is 0 Å². The first-order valence-electron chi connectivity index (χ1n) is 10.3. The maximum Gasteiger partial charge on any atom is 0.343 e. The third kappa shape index (κ3) is 5.54. The van der Waals surface area contributed by atoms with E-state index in [1.807, 2.05) is 18.2 Å². The van der Waals surface area contributed by atoms with Crippen LogP contribution in [0, 0.1) is 34.8 Å². The van der Waals surface area contributed by atoms with Gasteiger partial charge in [0.2, 0.25) is 0 Å². The van der Waals surface area contributed by atoms with E-state index in [0.717, 1.165) is 48.8 Å². The molecule has 1 aliphatic carbocycles. The van der Waals surface area contributed by atoms with Crippen molar-refractivity contribution in [2.75, 3.05) is 0 Å². The van der Waals surface area contributed by atoms with Gasteiger partial charge in [0.05, 0.1) is 5.56 Å². The van der Waals surface area contributed by atoms with Crippen molar-refractivity contribution in [3.8, 4) is 11.8 Å². The average Bonchev–Trinajstić information content (AvgIpc) is 2.73. The van der Waals surface area contributed by atoms with Crippen LogP contribution in [-0.4, -0.2) is 5.97 Å². The minimum atomic E-state index is -1.06. The second kappa shape index (κ2) is 10.2. The maximum absolute atomic E-state index is 13.7. The van der Waals surface area contributed by atoms with E-state index in [1.165, 1.54) is 31.8 Å². The van der Waals surface area contributed by atoms with Crippen molar-refractivity contribution in [1.82, 2.24) is 0 Å². The van der Waals surface area contributed by atoms with E-state index >= 15 is 0 Å². The summed E-state index contributed by atoms with van der Waals surface area (Å²) in [6, 6.07) is 10.2. The lowest BCUT2D eigenvalue weighted by molar-refractivity contribution is 0.0734. The Morgan fingerprint density at radius 3 is 2.27 bits per heavy atom. The van der Waals surface area contributed by atoms with E-state index in [2.05, 4.69) is 6.58 Å². The Labute approximate surface area is 176 Å². The highest BCUT2D eigenvalue weighted by Gasteiger charge is 2.20. The molecule has 156 valence electrons. The summed E-state index contributed by atoms with van der Waals surface area (Å²) in [6.07, 6.45) is 10.3. The van der Waals surface area contributed by atoms with Crippen molar-refractivity contribution in [2.45, 2.75) is 44.9 Å². The van der Waals surface area contributed by atoms with Crippen molar-refractivity contribution >= 4 is 5.97 Å². The van der Waals surface area contributed by atoms with Gasteiger partial charge in [0.15, 0.2) is 0 Å². The molecule has 0 amide bonds. The Kier molecular flexibility index (Phi) is 7.35. The van der Waals surface area contributed by atoms with E-state index < -0.39 is 23.2 Å². The third-order valence-electron chi connectivity index (χ3n) is 5.84. The second-order valence-corrected chi connectivity index (χ2v) is 7.91. The van der Waals surface area contributed by atoms with Gasteiger partial charge < -0.3 is 4.74 Å².